The minimum atomic E-state index is -3.89. The second kappa shape index (κ2) is 4.39. The number of benzene rings is 1. The van der Waals surface area contributed by atoms with Crippen molar-refractivity contribution in [2.45, 2.75) is 18.6 Å². The fraction of sp³-hybridized carbons (Fsp3) is 0.273. The Morgan fingerprint density at radius 2 is 1.84 bits per heavy atom. The zero-order valence-corrected chi connectivity index (χ0v) is 11.1. The van der Waals surface area contributed by atoms with Gasteiger partial charge in [-0.05, 0) is 38.1 Å². The van der Waals surface area contributed by atoms with Crippen LogP contribution in [0.4, 0.5) is 4.39 Å². The molecule has 1 heterocycles. The van der Waals surface area contributed by atoms with Crippen LogP contribution in [-0.2, 0) is 14.8 Å². The molecule has 1 aromatic heterocycles. The summed E-state index contributed by atoms with van der Waals surface area (Å²) in [4.78, 5) is 3.99. The molecular weight excluding hydrogens is 273 g/mol. The fourth-order valence-corrected chi connectivity index (χ4v) is 1.63. The first kappa shape index (κ1) is 13.6. The van der Waals surface area contributed by atoms with Crippen molar-refractivity contribution in [1.29, 1.82) is 0 Å². The largest absolute Gasteiger partial charge is 0.337 e. The molecule has 6 nitrogen and oxygen atoms in total. The molecule has 1 aromatic carbocycles. The molecule has 102 valence electrons. The van der Waals surface area contributed by atoms with Gasteiger partial charge in [-0.3, -0.25) is 0 Å². The Balaban J connectivity index is 2.42. The summed E-state index contributed by atoms with van der Waals surface area (Å²) in [6, 6.07) is 5.42. The summed E-state index contributed by atoms with van der Waals surface area (Å²) in [6.07, 6.45) is 0. The molecule has 0 amide bonds. The molecule has 0 atom stereocenters. The van der Waals surface area contributed by atoms with Gasteiger partial charge < -0.3 is 4.52 Å². The quantitative estimate of drug-likeness (QED) is 0.918. The predicted octanol–water partition coefficient (Wildman–Crippen LogP) is 1.40. The highest BCUT2D eigenvalue weighted by Gasteiger charge is 2.39. The SMILES string of the molecule is CC(C)(c1nc(-c2ccc(F)cc2)no1)S(N)(=O)=O. The van der Waals surface area contributed by atoms with Crippen LogP contribution in [0.5, 0.6) is 0 Å². The molecule has 0 radical (unpaired) electrons. The molecule has 0 bridgehead atoms. The van der Waals surface area contributed by atoms with Crippen molar-refractivity contribution in [2.24, 2.45) is 5.14 Å². The van der Waals surface area contributed by atoms with Crippen LogP contribution in [0.15, 0.2) is 28.8 Å². The van der Waals surface area contributed by atoms with Crippen LogP contribution in [0, 0.1) is 5.82 Å². The number of aromatic nitrogens is 2. The molecule has 2 N–H and O–H groups in total. The lowest BCUT2D eigenvalue weighted by molar-refractivity contribution is 0.347. The number of primary sulfonamides is 1. The lowest BCUT2D eigenvalue weighted by Crippen LogP contribution is -2.35. The van der Waals surface area contributed by atoms with Crippen LogP contribution >= 0.6 is 0 Å². The Morgan fingerprint density at radius 3 is 2.37 bits per heavy atom. The Hall–Kier alpha value is -1.80. The summed E-state index contributed by atoms with van der Waals surface area (Å²) in [5, 5.41) is 8.78. The molecule has 0 saturated carbocycles. The Kier molecular flexibility index (Phi) is 3.15. The average molecular weight is 285 g/mol. The topological polar surface area (TPSA) is 99.1 Å². The van der Waals surface area contributed by atoms with Gasteiger partial charge in [0, 0.05) is 5.56 Å². The highest BCUT2D eigenvalue weighted by molar-refractivity contribution is 7.90. The molecule has 0 aliphatic heterocycles. The van der Waals surface area contributed by atoms with Gasteiger partial charge in [-0.25, -0.2) is 17.9 Å². The number of nitrogens with zero attached hydrogens (tertiary/aromatic N) is 2. The molecule has 2 rings (SSSR count). The standard InChI is InChI=1S/C11H12FN3O3S/c1-11(2,19(13,16)17)10-14-9(15-18-10)7-3-5-8(12)6-4-7/h3-6H,1-2H3,(H2,13,16,17). The van der Waals surface area contributed by atoms with Gasteiger partial charge in [0.2, 0.25) is 21.7 Å². The lowest BCUT2D eigenvalue weighted by atomic mass is 10.2. The average Bonchev–Trinajstić information content (AvgIpc) is 2.78. The van der Waals surface area contributed by atoms with Crippen molar-refractivity contribution in [1.82, 2.24) is 10.1 Å². The number of halogens is 1. The van der Waals surface area contributed by atoms with Crippen molar-refractivity contribution >= 4 is 10.0 Å². The number of sulfonamides is 1. The van der Waals surface area contributed by atoms with E-state index in [1.807, 2.05) is 0 Å². The smallest absolute Gasteiger partial charge is 0.249 e. The van der Waals surface area contributed by atoms with Gasteiger partial charge in [0.1, 0.15) is 5.82 Å². The maximum Gasteiger partial charge on any atom is 0.249 e. The van der Waals surface area contributed by atoms with Crippen molar-refractivity contribution in [3.05, 3.63) is 36.0 Å². The van der Waals surface area contributed by atoms with E-state index < -0.39 is 20.6 Å². The molecule has 0 aliphatic rings. The summed E-state index contributed by atoms with van der Waals surface area (Å²) in [5.74, 6) is -0.335. The molecule has 0 aliphatic carbocycles. The van der Waals surface area contributed by atoms with Crippen LogP contribution in [0.3, 0.4) is 0 Å². The Labute approximate surface area is 109 Å². The third-order valence-electron chi connectivity index (χ3n) is 2.75. The fourth-order valence-electron chi connectivity index (χ4n) is 1.31. The second-order valence-electron chi connectivity index (χ2n) is 4.49. The zero-order valence-electron chi connectivity index (χ0n) is 10.3. The van der Waals surface area contributed by atoms with E-state index in [0.717, 1.165) is 0 Å². The van der Waals surface area contributed by atoms with E-state index in [2.05, 4.69) is 10.1 Å². The second-order valence-corrected chi connectivity index (χ2v) is 6.60. The Morgan fingerprint density at radius 1 is 1.26 bits per heavy atom. The van der Waals surface area contributed by atoms with Crippen LogP contribution in [0.1, 0.15) is 19.7 Å². The molecular formula is C11H12FN3O3S. The van der Waals surface area contributed by atoms with Gasteiger partial charge in [-0.1, -0.05) is 5.16 Å². The van der Waals surface area contributed by atoms with Crippen molar-refractivity contribution in [3.63, 3.8) is 0 Å². The molecule has 0 fully saturated rings. The lowest BCUT2D eigenvalue weighted by Gasteiger charge is -2.15. The van der Waals surface area contributed by atoms with E-state index in [0.29, 0.717) is 5.56 Å². The van der Waals surface area contributed by atoms with Gasteiger partial charge in [0.15, 0.2) is 4.75 Å². The van der Waals surface area contributed by atoms with E-state index in [9.17, 15) is 12.8 Å². The van der Waals surface area contributed by atoms with Crippen LogP contribution < -0.4 is 5.14 Å². The zero-order chi connectivity index (χ0) is 14.3. The molecule has 8 heteroatoms. The maximum atomic E-state index is 12.8. The highest BCUT2D eigenvalue weighted by atomic mass is 32.2. The van der Waals surface area contributed by atoms with Crippen LogP contribution in [-0.4, -0.2) is 18.6 Å². The predicted molar refractivity (Wildman–Crippen MR) is 65.8 cm³/mol. The summed E-state index contributed by atoms with van der Waals surface area (Å²) in [7, 11) is -3.89. The minimum Gasteiger partial charge on any atom is -0.337 e. The van der Waals surface area contributed by atoms with Crippen molar-refractivity contribution in [2.75, 3.05) is 0 Å². The van der Waals surface area contributed by atoms with E-state index in [1.165, 1.54) is 38.1 Å². The number of nitrogens with two attached hydrogens (primary N) is 1. The minimum absolute atomic E-state index is 0.116. The molecule has 2 aromatic rings. The first-order valence-corrected chi connectivity index (χ1v) is 6.89. The Bertz CT molecular complexity index is 692. The number of hydrogen-bond acceptors (Lipinski definition) is 5. The van der Waals surface area contributed by atoms with Gasteiger partial charge in [0.05, 0.1) is 0 Å². The van der Waals surface area contributed by atoms with Gasteiger partial charge in [0.25, 0.3) is 0 Å². The molecule has 0 saturated heterocycles. The summed E-state index contributed by atoms with van der Waals surface area (Å²) in [6.45, 7) is 2.73. The van der Waals surface area contributed by atoms with Gasteiger partial charge >= 0.3 is 0 Å². The first-order valence-electron chi connectivity index (χ1n) is 5.34. The van der Waals surface area contributed by atoms with Gasteiger partial charge in [-0.15, -0.1) is 0 Å². The normalized spacial score (nSPS) is 12.6. The highest BCUT2D eigenvalue weighted by Crippen LogP contribution is 2.27. The van der Waals surface area contributed by atoms with Crippen LogP contribution in [0.2, 0.25) is 0 Å². The first-order chi connectivity index (χ1) is 8.72. The maximum absolute atomic E-state index is 12.8. The van der Waals surface area contributed by atoms with Gasteiger partial charge in [-0.2, -0.15) is 4.98 Å². The van der Waals surface area contributed by atoms with E-state index in [1.54, 1.807) is 0 Å². The molecule has 19 heavy (non-hydrogen) atoms. The number of rotatable bonds is 3. The van der Waals surface area contributed by atoms with E-state index in [4.69, 9.17) is 9.66 Å². The summed E-state index contributed by atoms with van der Waals surface area (Å²) >= 11 is 0. The van der Waals surface area contributed by atoms with Crippen molar-refractivity contribution < 1.29 is 17.3 Å². The number of hydrogen-bond donors (Lipinski definition) is 1. The summed E-state index contributed by atoms with van der Waals surface area (Å²) < 4.78 is 39.1. The monoisotopic (exact) mass is 285 g/mol. The third kappa shape index (κ3) is 2.49. The molecule has 0 unspecified atom stereocenters. The van der Waals surface area contributed by atoms with E-state index >= 15 is 0 Å². The summed E-state index contributed by atoms with van der Waals surface area (Å²) in [5.41, 5.74) is 0.515. The molecule has 0 spiro atoms. The third-order valence-corrected chi connectivity index (χ3v) is 4.35. The van der Waals surface area contributed by atoms with E-state index in [-0.39, 0.29) is 11.7 Å². The van der Waals surface area contributed by atoms with Crippen molar-refractivity contribution in [3.8, 4) is 11.4 Å². The van der Waals surface area contributed by atoms with Crippen LogP contribution in [0.25, 0.3) is 11.4 Å².